The van der Waals surface area contributed by atoms with Crippen LogP contribution in [0.3, 0.4) is 0 Å². The third-order valence-electron chi connectivity index (χ3n) is 7.58. The molecule has 0 spiro atoms. The molecule has 5 heterocycles. The number of carbonyl (C=O) groups excluding carboxylic acids is 1. The molecule has 40 heavy (non-hydrogen) atoms. The number of nitrogens with zero attached hydrogens (tertiary/aromatic N) is 6. The maximum Gasteiger partial charge on any atom is 0.262 e. The maximum atomic E-state index is 14.5. The van der Waals surface area contributed by atoms with E-state index in [-0.39, 0.29) is 6.04 Å². The van der Waals surface area contributed by atoms with Gasteiger partial charge in [0.2, 0.25) is 11.9 Å². The number of likely N-dealkylation sites (N-methyl/N-ethyl adjacent to an activating group) is 1. The van der Waals surface area contributed by atoms with Gasteiger partial charge in [-0.15, -0.1) is 5.10 Å². The number of carbonyl (C=O) groups is 1. The van der Waals surface area contributed by atoms with Crippen LogP contribution >= 0.6 is 0 Å². The lowest BCUT2D eigenvalue weighted by molar-refractivity contribution is -0.121. The third-order valence-corrected chi connectivity index (χ3v) is 7.58. The average Bonchev–Trinajstić information content (AvgIpc) is 3.69. The van der Waals surface area contributed by atoms with Crippen LogP contribution in [0.4, 0.5) is 26.1 Å². The van der Waals surface area contributed by atoms with Crippen molar-refractivity contribution in [3.8, 4) is 17.1 Å². The van der Waals surface area contributed by atoms with E-state index in [1.807, 2.05) is 25.4 Å². The van der Waals surface area contributed by atoms with Crippen molar-refractivity contribution in [1.29, 1.82) is 0 Å². The number of likely N-dealkylation sites (tertiary alicyclic amines) is 2. The normalized spacial score (nSPS) is 21.2. The minimum Gasteiger partial charge on any atom is -0.478 e. The number of hydrogen-bond acceptors (Lipinski definition) is 8. The molecular weight excluding hydrogens is 520 g/mol. The number of alkyl halides is 2. The Morgan fingerprint density at radius 2 is 2.08 bits per heavy atom. The van der Waals surface area contributed by atoms with Crippen LogP contribution in [0.2, 0.25) is 0 Å². The molecule has 1 amide bonds. The third kappa shape index (κ3) is 4.97. The number of H-pyrrole nitrogens is 1. The molecule has 2 aliphatic rings. The molecule has 2 fully saturated rings. The molecule has 2 saturated heterocycles. The summed E-state index contributed by atoms with van der Waals surface area (Å²) >= 11 is 0. The molecule has 6 rings (SSSR count). The van der Waals surface area contributed by atoms with Gasteiger partial charge in [0.1, 0.15) is 5.69 Å². The molecule has 2 aliphatic heterocycles. The Morgan fingerprint density at radius 3 is 2.85 bits per heavy atom. The molecule has 3 aromatic heterocycles. The number of para-hydroxylation sites is 1. The van der Waals surface area contributed by atoms with E-state index in [1.54, 1.807) is 41.2 Å². The standard InChI is InChI=1S/C27H31F2N9O2/c1-36-10-8-16(13-36)38-15-27(28,29)11-22(38)24(39)32-20-6-4-5-17-18(12-31-23(17)20)19-7-9-30-26(33-19)34-21-14-37(2)35-25(21)40-3/h4-7,9,12,14,16,22,31H,8,10-11,13,15H2,1-3H3,(H,32,39)(H,30,33,34). The van der Waals surface area contributed by atoms with E-state index in [0.29, 0.717) is 41.0 Å². The fraction of sp³-hybridized carbons (Fsp3) is 0.407. The topological polar surface area (TPSA) is 116 Å². The largest absolute Gasteiger partial charge is 0.478 e. The number of ether oxygens (including phenoxy) is 1. The highest BCUT2D eigenvalue weighted by Gasteiger charge is 2.50. The number of halogens is 2. The van der Waals surface area contributed by atoms with Crippen molar-refractivity contribution in [2.75, 3.05) is 44.4 Å². The molecule has 0 saturated carbocycles. The number of methoxy groups -OCH3 is 1. The molecule has 0 radical (unpaired) electrons. The van der Waals surface area contributed by atoms with Gasteiger partial charge < -0.3 is 25.3 Å². The summed E-state index contributed by atoms with van der Waals surface area (Å²) in [6, 6.07) is 6.34. The summed E-state index contributed by atoms with van der Waals surface area (Å²) in [4.78, 5) is 29.4. The van der Waals surface area contributed by atoms with Crippen molar-refractivity contribution in [2.24, 2.45) is 7.05 Å². The van der Waals surface area contributed by atoms with Gasteiger partial charge in [-0.3, -0.25) is 14.4 Å². The van der Waals surface area contributed by atoms with Gasteiger partial charge in [0.05, 0.1) is 42.8 Å². The van der Waals surface area contributed by atoms with E-state index in [9.17, 15) is 13.6 Å². The number of benzene rings is 1. The van der Waals surface area contributed by atoms with E-state index in [0.717, 1.165) is 23.9 Å². The molecule has 2 atom stereocenters. The van der Waals surface area contributed by atoms with Crippen molar-refractivity contribution in [2.45, 2.75) is 30.8 Å². The van der Waals surface area contributed by atoms with Crippen LogP contribution in [0.25, 0.3) is 22.2 Å². The Bertz CT molecular complexity index is 1550. The summed E-state index contributed by atoms with van der Waals surface area (Å²) in [5.41, 5.74) is 3.30. The van der Waals surface area contributed by atoms with Gasteiger partial charge in [-0.05, 0) is 32.1 Å². The van der Waals surface area contributed by atoms with Gasteiger partial charge in [0.15, 0.2) is 0 Å². The highest BCUT2D eigenvalue weighted by molar-refractivity contribution is 6.06. The minimum atomic E-state index is -2.90. The Labute approximate surface area is 229 Å². The molecule has 4 aromatic rings. The lowest BCUT2D eigenvalue weighted by Crippen LogP contribution is -2.46. The van der Waals surface area contributed by atoms with Crippen molar-refractivity contribution in [1.82, 2.24) is 34.5 Å². The zero-order valence-corrected chi connectivity index (χ0v) is 22.5. The van der Waals surface area contributed by atoms with Crippen molar-refractivity contribution in [3.63, 3.8) is 0 Å². The predicted octanol–water partition coefficient (Wildman–Crippen LogP) is 3.46. The van der Waals surface area contributed by atoms with Crippen LogP contribution in [-0.2, 0) is 11.8 Å². The fourth-order valence-corrected chi connectivity index (χ4v) is 5.73. The summed E-state index contributed by atoms with van der Waals surface area (Å²) in [5.74, 6) is -2.54. The smallest absolute Gasteiger partial charge is 0.262 e. The van der Waals surface area contributed by atoms with Crippen LogP contribution in [0, 0.1) is 0 Å². The van der Waals surface area contributed by atoms with Gasteiger partial charge in [0, 0.05) is 49.4 Å². The molecular formula is C27H31F2N9O2. The number of aryl methyl sites for hydroxylation is 1. The number of nitrogens with one attached hydrogen (secondary N) is 3. The molecule has 11 nitrogen and oxygen atoms in total. The molecule has 210 valence electrons. The second-order valence-corrected chi connectivity index (χ2v) is 10.5. The molecule has 2 unspecified atom stereocenters. The summed E-state index contributed by atoms with van der Waals surface area (Å²) < 4.78 is 35.9. The fourth-order valence-electron chi connectivity index (χ4n) is 5.73. The number of anilines is 3. The zero-order valence-electron chi connectivity index (χ0n) is 22.5. The van der Waals surface area contributed by atoms with Crippen molar-refractivity contribution in [3.05, 3.63) is 42.9 Å². The van der Waals surface area contributed by atoms with Gasteiger partial charge in [0.25, 0.3) is 11.8 Å². The SMILES string of the molecule is COc1nn(C)cc1Nc1nccc(-c2c[nH]c3c(NC(=O)C4CC(F)(F)CN4C4CCN(C)C4)cccc23)n1. The van der Waals surface area contributed by atoms with E-state index in [4.69, 9.17) is 4.74 Å². The summed E-state index contributed by atoms with van der Waals surface area (Å²) in [5, 5.41) is 11.1. The first-order valence-electron chi connectivity index (χ1n) is 13.1. The average molecular weight is 552 g/mol. The maximum absolute atomic E-state index is 14.5. The number of rotatable bonds is 7. The van der Waals surface area contributed by atoms with E-state index in [1.165, 1.54) is 7.11 Å². The van der Waals surface area contributed by atoms with Gasteiger partial charge in [-0.25, -0.2) is 18.7 Å². The molecule has 1 aromatic carbocycles. The van der Waals surface area contributed by atoms with Crippen LogP contribution < -0.4 is 15.4 Å². The Kier molecular flexibility index (Phi) is 6.62. The number of amides is 1. The number of aromatic amines is 1. The number of fused-ring (bicyclic) bond motifs is 1. The summed E-state index contributed by atoms with van der Waals surface area (Å²) in [7, 11) is 5.30. The molecule has 3 N–H and O–H groups in total. The summed E-state index contributed by atoms with van der Waals surface area (Å²) in [6.45, 7) is 1.12. The first-order valence-corrected chi connectivity index (χ1v) is 13.1. The van der Waals surface area contributed by atoms with Crippen LogP contribution in [0.5, 0.6) is 5.88 Å². The Balaban J connectivity index is 1.25. The van der Waals surface area contributed by atoms with Crippen molar-refractivity contribution >= 4 is 34.1 Å². The lowest BCUT2D eigenvalue weighted by atomic mass is 10.1. The Hall–Kier alpha value is -4.10. The number of aromatic nitrogens is 5. The van der Waals surface area contributed by atoms with Crippen LogP contribution in [-0.4, -0.2) is 92.2 Å². The number of hydrogen-bond donors (Lipinski definition) is 3. The highest BCUT2D eigenvalue weighted by atomic mass is 19.3. The van der Waals surface area contributed by atoms with E-state index >= 15 is 0 Å². The second kappa shape index (κ2) is 10.1. The lowest BCUT2D eigenvalue weighted by Gasteiger charge is -2.29. The second-order valence-electron chi connectivity index (χ2n) is 10.5. The summed E-state index contributed by atoms with van der Waals surface area (Å²) in [6.07, 6.45) is 5.51. The first-order chi connectivity index (χ1) is 19.2. The molecule has 0 bridgehead atoms. The van der Waals surface area contributed by atoms with Gasteiger partial charge >= 0.3 is 0 Å². The molecule has 13 heteroatoms. The molecule has 0 aliphatic carbocycles. The van der Waals surface area contributed by atoms with Crippen LogP contribution in [0.15, 0.2) is 42.9 Å². The van der Waals surface area contributed by atoms with Gasteiger partial charge in [-0.2, -0.15) is 0 Å². The monoisotopic (exact) mass is 551 g/mol. The zero-order chi connectivity index (χ0) is 28.0. The highest BCUT2D eigenvalue weighted by Crippen LogP contribution is 2.37. The quantitative estimate of drug-likeness (QED) is 0.320. The minimum absolute atomic E-state index is 0.0609. The predicted molar refractivity (Wildman–Crippen MR) is 147 cm³/mol. The Morgan fingerprint density at radius 1 is 1.23 bits per heavy atom. The first kappa shape index (κ1) is 26.1. The van der Waals surface area contributed by atoms with E-state index < -0.39 is 30.8 Å². The van der Waals surface area contributed by atoms with Crippen molar-refractivity contribution < 1.29 is 18.3 Å². The van der Waals surface area contributed by atoms with Crippen LogP contribution in [0.1, 0.15) is 12.8 Å². The van der Waals surface area contributed by atoms with Gasteiger partial charge in [-0.1, -0.05) is 12.1 Å². The van der Waals surface area contributed by atoms with E-state index in [2.05, 4.69) is 35.6 Å².